The molecule has 1 aromatic carbocycles. The van der Waals surface area contributed by atoms with Gasteiger partial charge in [-0.15, -0.1) is 0 Å². The van der Waals surface area contributed by atoms with Gasteiger partial charge in [-0.25, -0.2) is 9.59 Å². The van der Waals surface area contributed by atoms with Crippen molar-refractivity contribution in [3.05, 3.63) is 57.9 Å². The van der Waals surface area contributed by atoms with Crippen molar-refractivity contribution in [1.82, 2.24) is 4.98 Å². The molecule has 0 saturated carbocycles. The molecule has 0 radical (unpaired) electrons. The van der Waals surface area contributed by atoms with Crippen LogP contribution in [-0.2, 0) is 29.1 Å². The van der Waals surface area contributed by atoms with E-state index in [1.807, 2.05) is 6.20 Å². The molecule has 0 amide bonds. The first kappa shape index (κ1) is 22.4. The average Bonchev–Trinajstić information content (AvgIpc) is 2.66. The molecule has 3 rings (SSSR count). The number of aromatic nitrogens is 1. The number of nitrogens with zero attached hydrogens (tertiary/aromatic N) is 1. The third kappa shape index (κ3) is 6.61. The van der Waals surface area contributed by atoms with Gasteiger partial charge in [0.2, 0.25) is 0 Å². The molecule has 1 aliphatic heterocycles. The van der Waals surface area contributed by atoms with Crippen LogP contribution < -0.4 is 5.32 Å². The van der Waals surface area contributed by atoms with Crippen LogP contribution in [0.4, 0.5) is 18.9 Å². The smallest absolute Gasteiger partial charge is 0.478 e. The molecular weight excluding hydrogens is 417 g/mol. The van der Waals surface area contributed by atoms with E-state index in [0.717, 1.165) is 29.8 Å². The number of carboxylic acids is 2. The number of nitrogens with one attached hydrogen (secondary N) is 1. The van der Waals surface area contributed by atoms with Crippen LogP contribution in [0.2, 0.25) is 5.02 Å². The highest BCUT2D eigenvalue weighted by Gasteiger charge is 2.38. The molecule has 0 atom stereocenters. The van der Waals surface area contributed by atoms with Gasteiger partial charge in [-0.3, -0.25) is 4.98 Å². The van der Waals surface area contributed by atoms with Crippen LogP contribution in [0, 0.1) is 0 Å². The number of aromatic carboxylic acids is 1. The SMILES string of the molecule is O=C(O)C(F)(F)F.O=C(O)c1cc(NCc2cnc3c(c2)COCC3)ccc1Cl. The van der Waals surface area contributed by atoms with E-state index in [9.17, 15) is 18.0 Å². The maximum Gasteiger partial charge on any atom is 0.490 e. The third-order valence-corrected chi connectivity index (χ3v) is 4.12. The zero-order chi connectivity index (χ0) is 21.6. The first-order valence-electron chi connectivity index (χ1n) is 8.19. The zero-order valence-corrected chi connectivity index (χ0v) is 15.5. The number of pyridine rings is 1. The van der Waals surface area contributed by atoms with Gasteiger partial charge in [0.1, 0.15) is 0 Å². The summed E-state index contributed by atoms with van der Waals surface area (Å²) in [7, 11) is 0. The fraction of sp³-hybridized carbons (Fsp3) is 0.278. The summed E-state index contributed by atoms with van der Waals surface area (Å²) < 4.78 is 37.2. The molecule has 0 saturated heterocycles. The van der Waals surface area contributed by atoms with E-state index in [4.69, 9.17) is 31.3 Å². The second-order valence-electron chi connectivity index (χ2n) is 5.91. The van der Waals surface area contributed by atoms with E-state index in [0.29, 0.717) is 18.8 Å². The molecule has 11 heteroatoms. The molecule has 2 heterocycles. The number of alkyl halides is 3. The standard InChI is InChI=1S/C16H15ClN2O3.C2HF3O2/c17-14-2-1-12(6-13(14)16(20)21)18-7-10-5-11-9-22-4-3-15(11)19-8-10;3-2(4,5)1(6)7/h1-2,5-6,8,18H,3-4,7,9H2,(H,20,21);(H,6,7). The topological polar surface area (TPSA) is 109 Å². The highest BCUT2D eigenvalue weighted by molar-refractivity contribution is 6.33. The van der Waals surface area contributed by atoms with Crippen LogP contribution in [0.15, 0.2) is 30.5 Å². The minimum absolute atomic E-state index is 0.0867. The molecule has 3 N–H and O–H groups in total. The largest absolute Gasteiger partial charge is 0.490 e. The van der Waals surface area contributed by atoms with Crippen molar-refractivity contribution < 1.29 is 37.7 Å². The van der Waals surface area contributed by atoms with Crippen LogP contribution in [0.3, 0.4) is 0 Å². The number of benzene rings is 1. The minimum atomic E-state index is -5.08. The van der Waals surface area contributed by atoms with Crippen LogP contribution in [0.1, 0.15) is 27.2 Å². The van der Waals surface area contributed by atoms with Gasteiger partial charge in [-0.1, -0.05) is 11.6 Å². The summed E-state index contributed by atoms with van der Waals surface area (Å²) in [4.78, 5) is 24.4. The molecule has 0 spiro atoms. The van der Waals surface area contributed by atoms with Crippen LogP contribution in [0.5, 0.6) is 0 Å². The number of aliphatic carboxylic acids is 1. The van der Waals surface area contributed by atoms with Crippen molar-refractivity contribution in [2.45, 2.75) is 25.7 Å². The fourth-order valence-corrected chi connectivity index (χ4v) is 2.59. The second-order valence-corrected chi connectivity index (χ2v) is 6.32. The second kappa shape index (κ2) is 9.57. The lowest BCUT2D eigenvalue weighted by molar-refractivity contribution is -0.192. The molecule has 7 nitrogen and oxygen atoms in total. The Morgan fingerprint density at radius 2 is 1.93 bits per heavy atom. The van der Waals surface area contributed by atoms with Crippen LogP contribution in [-0.4, -0.2) is 39.9 Å². The number of ether oxygens (including phenoxy) is 1. The predicted molar refractivity (Wildman–Crippen MR) is 97.0 cm³/mol. The van der Waals surface area contributed by atoms with Crippen LogP contribution in [0.25, 0.3) is 0 Å². The number of halogens is 4. The summed E-state index contributed by atoms with van der Waals surface area (Å²) in [6, 6.07) is 6.93. The van der Waals surface area contributed by atoms with Crippen molar-refractivity contribution in [3.63, 3.8) is 0 Å². The fourth-order valence-electron chi connectivity index (χ4n) is 2.39. The van der Waals surface area contributed by atoms with Gasteiger partial charge < -0.3 is 20.3 Å². The molecule has 1 aromatic heterocycles. The van der Waals surface area contributed by atoms with Gasteiger partial charge in [0.15, 0.2) is 0 Å². The van der Waals surface area contributed by atoms with Gasteiger partial charge in [-0.2, -0.15) is 13.2 Å². The maximum atomic E-state index is 11.1. The predicted octanol–water partition coefficient (Wildman–Crippen LogP) is 3.75. The Hall–Kier alpha value is -2.85. The van der Waals surface area contributed by atoms with Gasteiger partial charge in [0, 0.05) is 30.5 Å². The summed E-state index contributed by atoms with van der Waals surface area (Å²) in [5.41, 5.74) is 4.03. The maximum absolute atomic E-state index is 11.1. The number of rotatable bonds is 4. The Kier molecular flexibility index (Phi) is 7.40. The highest BCUT2D eigenvalue weighted by atomic mass is 35.5. The van der Waals surface area contributed by atoms with E-state index < -0.39 is 18.1 Å². The molecule has 0 fully saturated rings. The molecular formula is C18H16ClF3N2O5. The number of carboxylic acid groups (broad SMARTS) is 2. The quantitative estimate of drug-likeness (QED) is 0.675. The van der Waals surface area contributed by atoms with Crippen LogP contribution >= 0.6 is 11.6 Å². The Bertz CT molecular complexity index is 906. The summed E-state index contributed by atoms with van der Waals surface area (Å²) in [6.45, 7) is 1.88. The molecule has 0 unspecified atom stereocenters. The van der Waals surface area contributed by atoms with Gasteiger partial charge in [0.05, 0.1) is 23.8 Å². The average molecular weight is 433 g/mol. The summed E-state index contributed by atoms with van der Waals surface area (Å²) in [6.07, 6.45) is -2.40. The van der Waals surface area contributed by atoms with Crippen molar-refractivity contribution in [2.75, 3.05) is 11.9 Å². The summed E-state index contributed by atoms with van der Waals surface area (Å²) >= 11 is 5.86. The number of anilines is 1. The highest BCUT2D eigenvalue weighted by Crippen LogP contribution is 2.22. The van der Waals surface area contributed by atoms with Crippen molar-refractivity contribution in [3.8, 4) is 0 Å². The monoisotopic (exact) mass is 432 g/mol. The Morgan fingerprint density at radius 3 is 2.55 bits per heavy atom. The molecule has 156 valence electrons. The zero-order valence-electron chi connectivity index (χ0n) is 14.8. The summed E-state index contributed by atoms with van der Waals surface area (Å²) in [5.74, 6) is -3.80. The Balaban J connectivity index is 0.000000370. The Morgan fingerprint density at radius 1 is 1.24 bits per heavy atom. The van der Waals surface area contributed by atoms with E-state index in [2.05, 4.69) is 16.4 Å². The lowest BCUT2D eigenvalue weighted by Gasteiger charge is -2.16. The molecule has 29 heavy (non-hydrogen) atoms. The first-order chi connectivity index (χ1) is 13.6. The van der Waals surface area contributed by atoms with Crippen molar-refractivity contribution in [2.24, 2.45) is 0 Å². The molecule has 0 bridgehead atoms. The molecule has 1 aliphatic rings. The lowest BCUT2D eigenvalue weighted by atomic mass is 10.1. The third-order valence-electron chi connectivity index (χ3n) is 3.79. The van der Waals surface area contributed by atoms with E-state index >= 15 is 0 Å². The van der Waals surface area contributed by atoms with E-state index in [-0.39, 0.29) is 10.6 Å². The molecule has 0 aliphatic carbocycles. The Labute approximate surface area is 168 Å². The van der Waals surface area contributed by atoms with E-state index in [1.54, 1.807) is 12.1 Å². The number of fused-ring (bicyclic) bond motifs is 1. The van der Waals surface area contributed by atoms with Crippen molar-refractivity contribution in [1.29, 1.82) is 0 Å². The number of hydrogen-bond donors (Lipinski definition) is 3. The van der Waals surface area contributed by atoms with Gasteiger partial charge >= 0.3 is 18.1 Å². The number of hydrogen-bond acceptors (Lipinski definition) is 5. The van der Waals surface area contributed by atoms with Crippen molar-refractivity contribution >= 4 is 29.2 Å². The first-order valence-corrected chi connectivity index (χ1v) is 8.57. The van der Waals surface area contributed by atoms with Gasteiger partial charge in [0.25, 0.3) is 0 Å². The number of carbonyl (C=O) groups is 2. The molecule has 2 aromatic rings. The van der Waals surface area contributed by atoms with E-state index in [1.165, 1.54) is 6.07 Å². The lowest BCUT2D eigenvalue weighted by Crippen LogP contribution is -2.21. The normalized spacial score (nSPS) is 13.0. The van der Waals surface area contributed by atoms with Gasteiger partial charge in [-0.05, 0) is 35.4 Å². The summed E-state index contributed by atoms with van der Waals surface area (Å²) in [5, 5.41) is 19.6. The minimum Gasteiger partial charge on any atom is -0.478 e.